The van der Waals surface area contributed by atoms with Crippen molar-refractivity contribution < 1.29 is 19.1 Å². The quantitative estimate of drug-likeness (QED) is 0.506. The van der Waals surface area contributed by atoms with Crippen molar-refractivity contribution >= 4 is 6.16 Å². The van der Waals surface area contributed by atoms with Gasteiger partial charge in [-0.15, -0.1) is 0 Å². The summed E-state index contributed by atoms with van der Waals surface area (Å²) in [4.78, 5) is 10.8. The molecule has 28 heavy (non-hydrogen) atoms. The molecule has 4 aliphatic rings. The van der Waals surface area contributed by atoms with Crippen molar-refractivity contribution in [1.82, 2.24) is 0 Å². The fourth-order valence-electron chi connectivity index (χ4n) is 4.59. The maximum Gasteiger partial charge on any atom is 0.506 e. The number of quaternary nitrogens is 1. The summed E-state index contributed by atoms with van der Waals surface area (Å²) in [5.41, 5.74) is 3.93. The van der Waals surface area contributed by atoms with E-state index >= 15 is 0 Å². The Morgan fingerprint density at radius 3 is 1.68 bits per heavy atom. The van der Waals surface area contributed by atoms with Crippen LogP contribution in [-0.4, -0.2) is 42.4 Å². The van der Waals surface area contributed by atoms with Gasteiger partial charge in [0.25, 0.3) is 0 Å². The first kappa shape index (κ1) is 20.4. The molecule has 0 amide bonds. The number of hydrogen-bond donors (Lipinski definition) is 1. The fourth-order valence-corrected chi connectivity index (χ4v) is 4.59. The van der Waals surface area contributed by atoms with Gasteiger partial charge in [0.2, 0.25) is 0 Å². The summed E-state index contributed by atoms with van der Waals surface area (Å²) >= 11 is 0. The van der Waals surface area contributed by atoms with Crippen molar-refractivity contribution in [3.8, 4) is 11.1 Å². The van der Waals surface area contributed by atoms with Gasteiger partial charge >= 0.3 is 6.16 Å². The van der Waals surface area contributed by atoms with E-state index in [4.69, 9.17) is 9.84 Å². The molecule has 0 radical (unpaired) electrons. The van der Waals surface area contributed by atoms with Crippen LogP contribution in [0.1, 0.15) is 50.3 Å². The van der Waals surface area contributed by atoms with E-state index < -0.39 is 12.3 Å². The summed E-state index contributed by atoms with van der Waals surface area (Å²) in [5, 5.41) is 8.80. The second kappa shape index (κ2) is 8.78. The van der Waals surface area contributed by atoms with Gasteiger partial charge in [-0.05, 0) is 36.3 Å². The SMILES string of the molecule is CC.C[N+]12CCC(CC1)CC2.O=C(O)OC1c2ccccc2-c2ccccc21. The van der Waals surface area contributed by atoms with Gasteiger partial charge < -0.3 is 14.3 Å². The number of benzene rings is 2. The summed E-state index contributed by atoms with van der Waals surface area (Å²) in [6.07, 6.45) is 2.78. The molecule has 0 aromatic heterocycles. The first-order chi connectivity index (χ1) is 13.6. The number of fused-ring (bicyclic) bond motifs is 6. The van der Waals surface area contributed by atoms with Gasteiger partial charge in [0.1, 0.15) is 0 Å². The first-order valence-corrected chi connectivity index (χ1v) is 10.5. The van der Waals surface area contributed by atoms with Crippen LogP contribution in [-0.2, 0) is 4.74 Å². The van der Waals surface area contributed by atoms with Crippen LogP contribution in [0, 0.1) is 5.92 Å². The van der Waals surface area contributed by atoms with Crippen LogP contribution in [0.2, 0.25) is 0 Å². The molecule has 4 heteroatoms. The lowest BCUT2D eigenvalue weighted by atomic mass is 9.86. The predicted octanol–water partition coefficient (Wildman–Crippen LogP) is 5.72. The Balaban J connectivity index is 0.000000172. The third-order valence-corrected chi connectivity index (χ3v) is 6.23. The Morgan fingerprint density at radius 2 is 1.32 bits per heavy atom. The van der Waals surface area contributed by atoms with Crippen LogP contribution < -0.4 is 0 Å². The van der Waals surface area contributed by atoms with E-state index in [9.17, 15) is 4.79 Å². The average molecular weight is 383 g/mol. The average Bonchev–Trinajstić information content (AvgIpc) is 3.04. The van der Waals surface area contributed by atoms with Crippen LogP contribution >= 0.6 is 0 Å². The summed E-state index contributed by atoms with van der Waals surface area (Å²) in [7, 11) is 2.41. The number of carbonyl (C=O) groups is 1. The summed E-state index contributed by atoms with van der Waals surface area (Å²) in [5.74, 6) is 1.12. The molecule has 2 aromatic rings. The maximum atomic E-state index is 10.8. The summed E-state index contributed by atoms with van der Waals surface area (Å²) in [6.45, 7) is 8.39. The fraction of sp³-hybridized carbons (Fsp3) is 0.458. The van der Waals surface area contributed by atoms with Crippen molar-refractivity contribution in [2.75, 3.05) is 26.7 Å². The second-order valence-corrected chi connectivity index (χ2v) is 7.96. The summed E-state index contributed by atoms with van der Waals surface area (Å²) < 4.78 is 6.37. The Bertz CT molecular complexity index is 750. The van der Waals surface area contributed by atoms with E-state index in [-0.39, 0.29) is 0 Å². The van der Waals surface area contributed by atoms with E-state index in [1.54, 1.807) is 0 Å². The minimum atomic E-state index is -1.25. The molecule has 150 valence electrons. The third kappa shape index (κ3) is 4.22. The molecule has 0 unspecified atom stereocenters. The van der Waals surface area contributed by atoms with Gasteiger partial charge in [-0.1, -0.05) is 62.4 Å². The molecular weight excluding hydrogens is 350 g/mol. The van der Waals surface area contributed by atoms with Crippen molar-refractivity contribution in [2.24, 2.45) is 5.92 Å². The lowest BCUT2D eigenvalue weighted by molar-refractivity contribution is -0.924. The molecule has 3 fully saturated rings. The second-order valence-electron chi connectivity index (χ2n) is 7.96. The van der Waals surface area contributed by atoms with Crippen molar-refractivity contribution in [1.29, 1.82) is 0 Å². The van der Waals surface area contributed by atoms with Crippen molar-refractivity contribution in [3.63, 3.8) is 0 Å². The normalized spacial score (nSPS) is 24.0. The van der Waals surface area contributed by atoms with E-state index in [1.165, 1.54) is 43.4 Å². The molecule has 1 N–H and O–H groups in total. The topological polar surface area (TPSA) is 46.5 Å². The van der Waals surface area contributed by atoms with Crippen LogP contribution in [0.15, 0.2) is 48.5 Å². The highest BCUT2D eigenvalue weighted by molar-refractivity contribution is 5.79. The number of piperidine rings is 3. The molecule has 0 spiro atoms. The van der Waals surface area contributed by atoms with E-state index in [0.717, 1.165) is 28.2 Å². The molecule has 4 nitrogen and oxygen atoms in total. The number of hydrogen-bond acceptors (Lipinski definition) is 2. The van der Waals surface area contributed by atoms with Gasteiger partial charge in [0, 0.05) is 11.1 Å². The zero-order valence-electron chi connectivity index (χ0n) is 17.2. The number of nitrogens with zero attached hydrogens (tertiary/aromatic N) is 1. The zero-order valence-corrected chi connectivity index (χ0v) is 17.2. The van der Waals surface area contributed by atoms with Crippen LogP contribution in [0.5, 0.6) is 0 Å². The van der Waals surface area contributed by atoms with Gasteiger partial charge in [-0.2, -0.15) is 0 Å². The molecule has 6 rings (SSSR count). The molecule has 3 aliphatic heterocycles. The largest absolute Gasteiger partial charge is 0.506 e. The molecule has 2 bridgehead atoms. The Kier molecular flexibility index (Phi) is 6.40. The molecule has 3 saturated heterocycles. The van der Waals surface area contributed by atoms with Crippen LogP contribution in [0.25, 0.3) is 11.1 Å². The van der Waals surface area contributed by atoms with Gasteiger partial charge in [-0.25, -0.2) is 4.79 Å². The Labute approximate surface area is 168 Å². The number of ether oxygens (including phenoxy) is 1. The lowest BCUT2D eigenvalue weighted by Gasteiger charge is -2.46. The molecule has 1 aliphatic carbocycles. The minimum absolute atomic E-state index is 0.500. The molecule has 0 atom stereocenters. The standard InChI is InChI=1S/C14H10O3.C8H16N.C2H6/c15-14(16)17-13-11-7-3-1-5-9(11)10-6-2-4-8-12(10)13;1-9-5-2-8(3-6-9)4-7-9;1-2/h1-8,13H,(H,15,16);8H,2-7H2,1H3;1-2H3/q;+1;. The zero-order chi connectivity index (χ0) is 20.1. The van der Waals surface area contributed by atoms with Gasteiger partial charge in [0.15, 0.2) is 6.10 Å². The van der Waals surface area contributed by atoms with Crippen molar-refractivity contribution in [3.05, 3.63) is 59.7 Å². The van der Waals surface area contributed by atoms with Crippen LogP contribution in [0.3, 0.4) is 0 Å². The number of rotatable bonds is 1. The Hall–Kier alpha value is -2.33. The molecule has 0 saturated carbocycles. The smallest absolute Gasteiger partial charge is 0.450 e. The summed E-state index contributed by atoms with van der Waals surface area (Å²) in [6, 6.07) is 15.5. The highest BCUT2D eigenvalue weighted by atomic mass is 16.7. The predicted molar refractivity (Wildman–Crippen MR) is 112 cm³/mol. The highest BCUT2D eigenvalue weighted by Crippen LogP contribution is 2.44. The maximum absolute atomic E-state index is 10.8. The lowest BCUT2D eigenvalue weighted by Crippen LogP contribution is -2.55. The molecular formula is C24H32NO3+. The first-order valence-electron chi connectivity index (χ1n) is 10.5. The molecule has 3 heterocycles. The molecule has 2 aromatic carbocycles. The van der Waals surface area contributed by atoms with Crippen molar-refractivity contribution in [2.45, 2.75) is 39.2 Å². The Morgan fingerprint density at radius 1 is 0.893 bits per heavy atom. The number of carboxylic acid groups (broad SMARTS) is 1. The monoisotopic (exact) mass is 382 g/mol. The minimum Gasteiger partial charge on any atom is -0.450 e. The van der Waals surface area contributed by atoms with Gasteiger partial charge in [-0.3, -0.25) is 0 Å². The van der Waals surface area contributed by atoms with Crippen LogP contribution in [0.4, 0.5) is 4.79 Å². The van der Waals surface area contributed by atoms with E-state index in [1.807, 2.05) is 62.4 Å². The van der Waals surface area contributed by atoms with E-state index in [0.29, 0.717) is 0 Å². The highest BCUT2D eigenvalue weighted by Gasteiger charge is 2.35. The van der Waals surface area contributed by atoms with Gasteiger partial charge in [0.05, 0.1) is 26.7 Å². The van der Waals surface area contributed by atoms with E-state index in [2.05, 4.69) is 7.05 Å². The third-order valence-electron chi connectivity index (χ3n) is 6.23.